The van der Waals surface area contributed by atoms with E-state index in [1.54, 1.807) is 0 Å². The Balaban J connectivity index is 0. The zero-order valence-corrected chi connectivity index (χ0v) is 5.13. The Labute approximate surface area is 95.2 Å². The molecular weight excluding hydrogens is 212 g/mol. The first kappa shape index (κ1) is 12.9. The van der Waals surface area contributed by atoms with Crippen molar-refractivity contribution in [3.63, 3.8) is 0 Å². The quantitative estimate of drug-likeness (QED) is 0.239. The molecule has 0 radical (unpaired) electrons. The molecule has 54 valence electrons. The third-order valence-electron chi connectivity index (χ3n) is 0.524. The van der Waals surface area contributed by atoms with Crippen LogP contribution in [0.1, 0.15) is 13.8 Å². The van der Waals surface area contributed by atoms with Crippen molar-refractivity contribution >= 4 is 63.2 Å². The van der Waals surface area contributed by atoms with Gasteiger partial charge in [0.15, 0.2) is 0 Å². The summed E-state index contributed by atoms with van der Waals surface area (Å²) in [4.78, 5) is 30.2. The van der Waals surface area contributed by atoms with E-state index in [2.05, 4.69) is 4.74 Å². The van der Waals surface area contributed by atoms with Gasteiger partial charge in [-0.05, 0) is 0 Å². The summed E-state index contributed by atoms with van der Waals surface area (Å²) < 4.78 is 3.88. The molecule has 0 aromatic rings. The predicted octanol–water partition coefficient (Wildman–Crippen LogP) is -1.25. The van der Waals surface area contributed by atoms with Crippen molar-refractivity contribution < 1.29 is 19.1 Å². The van der Waals surface area contributed by atoms with Gasteiger partial charge >= 0.3 is 57.4 Å². The molecule has 0 saturated heterocycles. The molecule has 0 aromatic carbocycles. The minimum atomic E-state index is -1.11. The summed E-state index contributed by atoms with van der Waals surface area (Å²) in [5, 5.41) is 0. The number of ketones is 1. The van der Waals surface area contributed by atoms with Crippen molar-refractivity contribution in [1.82, 2.24) is 0 Å². The first-order chi connectivity index (χ1) is 4.04. The van der Waals surface area contributed by atoms with Crippen LogP contribution < -0.4 is 0 Å². The number of ether oxygens (including phenoxy) is 1. The minimum absolute atomic E-state index is 0. The number of carbonyl (C=O) groups is 3. The number of esters is 2. The molecule has 0 rings (SSSR count). The molecule has 0 bridgehead atoms. The van der Waals surface area contributed by atoms with Crippen molar-refractivity contribution in [3.8, 4) is 0 Å². The molecule has 0 spiro atoms. The zero-order chi connectivity index (χ0) is 7.44. The number of rotatable bonds is 1. The Kier molecular flexibility index (Phi) is 7.79. The number of carbonyl (C=O) groups excluding carboxylic acids is 3. The van der Waals surface area contributed by atoms with E-state index < -0.39 is 17.7 Å². The van der Waals surface area contributed by atoms with Crippen molar-refractivity contribution in [2.45, 2.75) is 13.8 Å². The van der Waals surface area contributed by atoms with Crippen LogP contribution in [0.25, 0.3) is 0 Å². The zero-order valence-electron chi connectivity index (χ0n) is 5.13. The molecular formula is C5H8O4Sr. The Hall–Kier alpha value is 0.291. The van der Waals surface area contributed by atoms with Gasteiger partial charge in [0.05, 0.1) is 0 Å². The van der Waals surface area contributed by atoms with Crippen molar-refractivity contribution in [2.24, 2.45) is 0 Å². The molecule has 0 N–H and O–H groups in total. The standard InChI is InChI=1S/C5H6O4.Sr.2H/c1-3(6)5(8)9-4(2)7;;;/h1-2H3;;;. The Morgan fingerprint density at radius 2 is 1.50 bits per heavy atom. The molecule has 10 heavy (non-hydrogen) atoms. The topological polar surface area (TPSA) is 60.4 Å². The summed E-state index contributed by atoms with van der Waals surface area (Å²) in [6.07, 6.45) is 0. The third-order valence-corrected chi connectivity index (χ3v) is 0.524. The molecule has 0 aliphatic rings. The van der Waals surface area contributed by atoms with Gasteiger partial charge in [0.25, 0.3) is 0 Å². The van der Waals surface area contributed by atoms with Crippen molar-refractivity contribution in [2.75, 3.05) is 0 Å². The second kappa shape index (κ2) is 6.03. The van der Waals surface area contributed by atoms with E-state index in [-0.39, 0.29) is 45.5 Å². The monoisotopic (exact) mass is 220 g/mol. The van der Waals surface area contributed by atoms with Crippen LogP contribution in [0, 0.1) is 0 Å². The van der Waals surface area contributed by atoms with Gasteiger partial charge in [-0.1, -0.05) is 0 Å². The number of hydrogen-bond donors (Lipinski definition) is 0. The summed E-state index contributed by atoms with van der Waals surface area (Å²) in [5.74, 6) is -2.65. The average Bonchev–Trinajstić information content (AvgIpc) is 1.63. The normalized spacial score (nSPS) is 7.40. The summed E-state index contributed by atoms with van der Waals surface area (Å²) >= 11 is 0. The second-order valence-electron chi connectivity index (χ2n) is 1.44. The van der Waals surface area contributed by atoms with Crippen LogP contribution in [-0.4, -0.2) is 63.2 Å². The van der Waals surface area contributed by atoms with E-state index in [1.807, 2.05) is 0 Å². The molecule has 0 saturated carbocycles. The fourth-order valence-electron chi connectivity index (χ4n) is 0.202. The first-order valence-corrected chi connectivity index (χ1v) is 2.27. The Morgan fingerprint density at radius 3 is 1.60 bits per heavy atom. The van der Waals surface area contributed by atoms with Crippen LogP contribution in [0.15, 0.2) is 0 Å². The number of Topliss-reactive ketones (excluding diaryl/α,β-unsaturated/α-hetero) is 1. The van der Waals surface area contributed by atoms with E-state index in [9.17, 15) is 14.4 Å². The molecule has 0 heterocycles. The van der Waals surface area contributed by atoms with E-state index in [1.165, 1.54) is 0 Å². The third kappa shape index (κ3) is 6.41. The predicted molar refractivity (Wildman–Crippen MR) is 36.0 cm³/mol. The number of hydrogen-bond acceptors (Lipinski definition) is 4. The van der Waals surface area contributed by atoms with Crippen LogP contribution in [-0.2, 0) is 19.1 Å². The first-order valence-electron chi connectivity index (χ1n) is 2.27. The van der Waals surface area contributed by atoms with Gasteiger partial charge < -0.3 is 4.74 Å². The van der Waals surface area contributed by atoms with Crippen LogP contribution >= 0.6 is 0 Å². The van der Waals surface area contributed by atoms with Gasteiger partial charge in [-0.2, -0.15) is 0 Å². The summed E-state index contributed by atoms with van der Waals surface area (Å²) in [6, 6.07) is 0. The second-order valence-corrected chi connectivity index (χ2v) is 1.44. The molecule has 5 heteroatoms. The van der Waals surface area contributed by atoms with Crippen molar-refractivity contribution in [1.29, 1.82) is 0 Å². The molecule has 0 aliphatic heterocycles. The van der Waals surface area contributed by atoms with Crippen LogP contribution in [0.4, 0.5) is 0 Å². The van der Waals surface area contributed by atoms with Gasteiger partial charge in [0.1, 0.15) is 0 Å². The van der Waals surface area contributed by atoms with Gasteiger partial charge in [0, 0.05) is 13.8 Å². The summed E-state index contributed by atoms with van der Waals surface area (Å²) in [6.45, 7) is 2.09. The Bertz CT molecular complexity index is 163. The summed E-state index contributed by atoms with van der Waals surface area (Å²) in [5.41, 5.74) is 0. The van der Waals surface area contributed by atoms with Crippen LogP contribution in [0.3, 0.4) is 0 Å². The summed E-state index contributed by atoms with van der Waals surface area (Å²) in [7, 11) is 0. The molecule has 4 nitrogen and oxygen atoms in total. The van der Waals surface area contributed by atoms with E-state index >= 15 is 0 Å². The average molecular weight is 220 g/mol. The van der Waals surface area contributed by atoms with E-state index in [0.717, 1.165) is 13.8 Å². The Morgan fingerprint density at radius 1 is 1.10 bits per heavy atom. The molecule has 0 atom stereocenters. The van der Waals surface area contributed by atoms with Gasteiger partial charge in [-0.15, -0.1) is 0 Å². The molecule has 0 amide bonds. The fourth-order valence-corrected chi connectivity index (χ4v) is 0.202. The molecule has 0 aliphatic carbocycles. The van der Waals surface area contributed by atoms with Gasteiger partial charge in [-0.25, -0.2) is 4.79 Å². The SMILES string of the molecule is CC(=O)OC(=O)C(C)=O.[SrH2]. The molecule has 0 fully saturated rings. The van der Waals surface area contributed by atoms with Crippen LogP contribution in [0.2, 0.25) is 0 Å². The fraction of sp³-hybridized carbons (Fsp3) is 0.400. The maximum absolute atomic E-state index is 10.2. The van der Waals surface area contributed by atoms with E-state index in [0.29, 0.717) is 0 Å². The van der Waals surface area contributed by atoms with Gasteiger partial charge in [0.2, 0.25) is 5.78 Å². The maximum atomic E-state index is 10.2. The molecule has 0 unspecified atom stereocenters. The van der Waals surface area contributed by atoms with E-state index in [4.69, 9.17) is 0 Å². The van der Waals surface area contributed by atoms with Crippen LogP contribution in [0.5, 0.6) is 0 Å². The van der Waals surface area contributed by atoms with Crippen molar-refractivity contribution in [3.05, 3.63) is 0 Å². The molecule has 0 aromatic heterocycles. The van der Waals surface area contributed by atoms with Gasteiger partial charge in [-0.3, -0.25) is 9.59 Å².